The molecule has 1 aliphatic rings. The largest absolute Gasteiger partial charge is 0.395 e. The monoisotopic (exact) mass is 269 g/mol. The Morgan fingerprint density at radius 3 is 2.63 bits per heavy atom. The highest BCUT2D eigenvalue weighted by Crippen LogP contribution is 2.22. The van der Waals surface area contributed by atoms with E-state index < -0.39 is 6.03 Å². The third-order valence-electron chi connectivity index (χ3n) is 3.23. The maximum Gasteiger partial charge on any atom is 0.321 e. The zero-order valence-corrected chi connectivity index (χ0v) is 11.2. The van der Waals surface area contributed by atoms with E-state index in [0.29, 0.717) is 19.1 Å². The Morgan fingerprint density at radius 1 is 1.37 bits per heavy atom. The number of hydrogen-bond donors (Lipinski definition) is 3. The standard InChI is InChI=1S/C13H23N3O3/c1-2-7-14-13(19)15-12(18)10-16(8-9-17)11-5-3-4-6-11/h2,11,17H,1,3-10H2,(H2,14,15,18,19). The van der Waals surface area contributed by atoms with Gasteiger partial charge in [0.25, 0.3) is 0 Å². The van der Waals surface area contributed by atoms with Gasteiger partial charge in [-0.3, -0.25) is 15.0 Å². The van der Waals surface area contributed by atoms with Gasteiger partial charge in [0.05, 0.1) is 13.2 Å². The number of amides is 3. The van der Waals surface area contributed by atoms with Crippen LogP contribution in [0.15, 0.2) is 12.7 Å². The zero-order chi connectivity index (χ0) is 14.1. The van der Waals surface area contributed by atoms with E-state index in [0.717, 1.165) is 25.7 Å². The zero-order valence-electron chi connectivity index (χ0n) is 11.2. The van der Waals surface area contributed by atoms with Crippen LogP contribution in [0.5, 0.6) is 0 Å². The van der Waals surface area contributed by atoms with Gasteiger partial charge in [0, 0.05) is 19.1 Å². The minimum atomic E-state index is -0.514. The fourth-order valence-electron chi connectivity index (χ4n) is 2.35. The van der Waals surface area contributed by atoms with Gasteiger partial charge in [0.1, 0.15) is 0 Å². The number of aliphatic hydroxyl groups is 1. The molecule has 0 spiro atoms. The summed E-state index contributed by atoms with van der Waals surface area (Å²) in [6.07, 6.45) is 5.97. The second-order valence-electron chi connectivity index (χ2n) is 4.68. The van der Waals surface area contributed by atoms with Gasteiger partial charge in [0.15, 0.2) is 0 Å². The molecule has 0 radical (unpaired) electrons. The fourth-order valence-corrected chi connectivity index (χ4v) is 2.35. The average Bonchev–Trinajstić information content (AvgIpc) is 2.89. The summed E-state index contributed by atoms with van der Waals surface area (Å²) >= 11 is 0. The average molecular weight is 269 g/mol. The molecule has 3 N–H and O–H groups in total. The molecule has 1 saturated carbocycles. The van der Waals surface area contributed by atoms with Crippen molar-refractivity contribution < 1.29 is 14.7 Å². The maximum atomic E-state index is 11.7. The fraction of sp³-hybridized carbons (Fsp3) is 0.692. The lowest BCUT2D eigenvalue weighted by atomic mass is 10.2. The van der Waals surface area contributed by atoms with Crippen molar-refractivity contribution >= 4 is 11.9 Å². The van der Waals surface area contributed by atoms with Crippen LogP contribution in [0, 0.1) is 0 Å². The van der Waals surface area contributed by atoms with E-state index in [1.807, 2.05) is 4.90 Å². The van der Waals surface area contributed by atoms with E-state index in [2.05, 4.69) is 17.2 Å². The van der Waals surface area contributed by atoms with E-state index in [1.54, 1.807) is 6.08 Å². The van der Waals surface area contributed by atoms with Crippen molar-refractivity contribution in [3.05, 3.63) is 12.7 Å². The quantitative estimate of drug-likeness (QED) is 0.578. The first kappa shape index (κ1) is 15.7. The smallest absolute Gasteiger partial charge is 0.321 e. The van der Waals surface area contributed by atoms with Crippen molar-refractivity contribution in [3.63, 3.8) is 0 Å². The van der Waals surface area contributed by atoms with Crippen LogP contribution in [0.3, 0.4) is 0 Å². The van der Waals surface area contributed by atoms with Gasteiger partial charge < -0.3 is 10.4 Å². The molecule has 0 aromatic heterocycles. The van der Waals surface area contributed by atoms with Gasteiger partial charge in [-0.05, 0) is 12.8 Å². The maximum absolute atomic E-state index is 11.7. The predicted octanol–water partition coefficient (Wildman–Crippen LogP) is 0.235. The molecule has 1 rings (SSSR count). The number of nitrogens with zero attached hydrogens (tertiary/aromatic N) is 1. The normalized spacial score (nSPS) is 15.5. The lowest BCUT2D eigenvalue weighted by molar-refractivity contribution is -0.121. The van der Waals surface area contributed by atoms with Crippen LogP contribution in [0.25, 0.3) is 0 Å². The highest BCUT2D eigenvalue weighted by Gasteiger charge is 2.24. The molecular formula is C13H23N3O3. The molecule has 0 unspecified atom stereocenters. The van der Waals surface area contributed by atoms with E-state index in [4.69, 9.17) is 5.11 Å². The SMILES string of the molecule is C=CCNC(=O)NC(=O)CN(CCO)C1CCCC1. The minimum Gasteiger partial charge on any atom is -0.395 e. The number of aliphatic hydroxyl groups excluding tert-OH is 1. The molecule has 1 fully saturated rings. The Bertz CT molecular complexity index is 314. The number of hydrogen-bond acceptors (Lipinski definition) is 4. The third kappa shape index (κ3) is 5.85. The second-order valence-corrected chi connectivity index (χ2v) is 4.68. The van der Waals surface area contributed by atoms with Gasteiger partial charge in [0.2, 0.25) is 5.91 Å². The Labute approximate surface area is 113 Å². The summed E-state index contributed by atoms with van der Waals surface area (Å²) in [6, 6.07) is -0.172. The number of rotatable bonds is 7. The van der Waals surface area contributed by atoms with Crippen LogP contribution in [0.2, 0.25) is 0 Å². The van der Waals surface area contributed by atoms with Crippen LogP contribution >= 0.6 is 0 Å². The summed E-state index contributed by atoms with van der Waals surface area (Å²) in [7, 11) is 0. The number of urea groups is 1. The second kappa shape index (κ2) is 8.66. The summed E-state index contributed by atoms with van der Waals surface area (Å²) in [5, 5.41) is 13.8. The van der Waals surface area contributed by atoms with E-state index >= 15 is 0 Å². The van der Waals surface area contributed by atoms with E-state index in [1.165, 1.54) is 0 Å². The Morgan fingerprint density at radius 2 is 2.05 bits per heavy atom. The molecule has 0 heterocycles. The van der Waals surface area contributed by atoms with Crippen molar-refractivity contribution in [2.75, 3.05) is 26.2 Å². The number of carbonyl (C=O) groups is 2. The van der Waals surface area contributed by atoms with Crippen LogP contribution in [-0.4, -0.2) is 54.2 Å². The molecule has 6 heteroatoms. The number of carbonyl (C=O) groups excluding carboxylic acids is 2. The Hall–Kier alpha value is -1.40. The summed E-state index contributed by atoms with van der Waals surface area (Å²) in [6.45, 7) is 4.43. The van der Waals surface area contributed by atoms with E-state index in [-0.39, 0.29) is 19.1 Å². The molecule has 6 nitrogen and oxygen atoms in total. The molecule has 0 aliphatic heterocycles. The highest BCUT2D eigenvalue weighted by atomic mass is 16.3. The first-order valence-electron chi connectivity index (χ1n) is 6.71. The molecule has 0 saturated heterocycles. The highest BCUT2D eigenvalue weighted by molar-refractivity contribution is 5.95. The summed E-state index contributed by atoms with van der Waals surface area (Å²) in [5.74, 6) is -0.345. The molecule has 108 valence electrons. The van der Waals surface area contributed by atoms with E-state index in [9.17, 15) is 9.59 Å². The lowest BCUT2D eigenvalue weighted by Gasteiger charge is -2.27. The summed E-state index contributed by atoms with van der Waals surface area (Å²) < 4.78 is 0. The summed E-state index contributed by atoms with van der Waals surface area (Å²) in [4.78, 5) is 25.0. The van der Waals surface area contributed by atoms with Crippen molar-refractivity contribution in [2.45, 2.75) is 31.7 Å². The minimum absolute atomic E-state index is 0.0203. The van der Waals surface area contributed by atoms with Crippen LogP contribution in [0.4, 0.5) is 4.79 Å². The molecule has 0 aromatic carbocycles. The van der Waals surface area contributed by atoms with Crippen molar-refractivity contribution in [3.8, 4) is 0 Å². The first-order valence-corrected chi connectivity index (χ1v) is 6.71. The predicted molar refractivity (Wildman–Crippen MR) is 72.7 cm³/mol. The number of imide groups is 1. The molecule has 0 aromatic rings. The molecule has 0 bridgehead atoms. The van der Waals surface area contributed by atoms with Gasteiger partial charge in [-0.2, -0.15) is 0 Å². The molecule has 0 atom stereocenters. The van der Waals surface area contributed by atoms with Crippen LogP contribution in [-0.2, 0) is 4.79 Å². The van der Waals surface area contributed by atoms with Crippen molar-refractivity contribution in [1.29, 1.82) is 0 Å². The van der Waals surface area contributed by atoms with Crippen molar-refractivity contribution in [2.24, 2.45) is 0 Å². The molecular weight excluding hydrogens is 246 g/mol. The first-order chi connectivity index (χ1) is 9.17. The van der Waals surface area contributed by atoms with Gasteiger partial charge in [-0.25, -0.2) is 4.79 Å². The van der Waals surface area contributed by atoms with Crippen molar-refractivity contribution in [1.82, 2.24) is 15.5 Å². The summed E-state index contributed by atoms with van der Waals surface area (Å²) in [5.41, 5.74) is 0. The van der Waals surface area contributed by atoms with Crippen LogP contribution in [0.1, 0.15) is 25.7 Å². The molecule has 3 amide bonds. The van der Waals surface area contributed by atoms with Gasteiger partial charge >= 0.3 is 6.03 Å². The van der Waals surface area contributed by atoms with Gasteiger partial charge in [-0.1, -0.05) is 18.9 Å². The lowest BCUT2D eigenvalue weighted by Crippen LogP contribution is -2.47. The Kier molecular flexibility index (Phi) is 7.14. The molecule has 19 heavy (non-hydrogen) atoms. The molecule has 1 aliphatic carbocycles. The topological polar surface area (TPSA) is 81.7 Å². The Balaban J connectivity index is 2.37. The van der Waals surface area contributed by atoms with Gasteiger partial charge in [-0.15, -0.1) is 6.58 Å². The van der Waals surface area contributed by atoms with Crippen LogP contribution < -0.4 is 10.6 Å². The third-order valence-corrected chi connectivity index (χ3v) is 3.23. The number of nitrogens with one attached hydrogen (secondary N) is 2.